The normalized spacial score (nSPS) is 12.0. The van der Waals surface area contributed by atoms with Crippen molar-refractivity contribution < 1.29 is 50.8 Å². The molecule has 0 aromatic rings. The molecule has 0 aliphatic rings. The Bertz CT molecular complexity index is 308. The van der Waals surface area contributed by atoms with Crippen molar-refractivity contribution in [2.45, 2.75) is 27.7 Å². The molecule has 0 aliphatic carbocycles. The molecule has 10 heteroatoms. The van der Waals surface area contributed by atoms with Crippen LogP contribution in [-0.4, -0.2) is 105 Å². The van der Waals surface area contributed by atoms with Gasteiger partial charge < -0.3 is 46.0 Å². The van der Waals surface area contributed by atoms with Crippen LogP contribution in [0.1, 0.15) is 27.7 Å². The second-order valence-electron chi connectivity index (χ2n) is 7.45. The van der Waals surface area contributed by atoms with Gasteiger partial charge in [0, 0.05) is 0 Å². The Morgan fingerprint density at radius 2 is 0.815 bits per heavy atom. The van der Waals surface area contributed by atoms with Crippen molar-refractivity contribution in [1.29, 1.82) is 0 Å². The molecular formula is C17H38O10. The summed E-state index contributed by atoms with van der Waals surface area (Å²) in [5.74, 6) is -0.535. The van der Waals surface area contributed by atoms with Crippen LogP contribution in [0.2, 0.25) is 0 Å². The zero-order valence-corrected chi connectivity index (χ0v) is 16.7. The van der Waals surface area contributed by atoms with Crippen molar-refractivity contribution in [2.75, 3.05) is 52.9 Å². The highest BCUT2D eigenvalue weighted by atomic mass is 16.4. The first-order valence-electron chi connectivity index (χ1n) is 8.48. The summed E-state index contributed by atoms with van der Waals surface area (Å²) < 4.78 is 0. The maximum Gasteiger partial charge on any atom is 0.309 e. The Morgan fingerprint density at radius 1 is 0.630 bits per heavy atom. The Kier molecular flexibility index (Phi) is 17.3. The lowest BCUT2D eigenvalue weighted by molar-refractivity contribution is -0.149. The van der Waals surface area contributed by atoms with Gasteiger partial charge in [-0.15, -0.1) is 0 Å². The van der Waals surface area contributed by atoms with Crippen molar-refractivity contribution in [1.82, 2.24) is 0 Å². The van der Waals surface area contributed by atoms with Gasteiger partial charge >= 0.3 is 5.97 Å². The summed E-state index contributed by atoms with van der Waals surface area (Å²) in [5.41, 5.74) is -2.81. The fourth-order valence-electron chi connectivity index (χ4n) is 0.847. The predicted octanol–water partition coefficient (Wildman–Crippen LogP) is -2.36. The highest BCUT2D eigenvalue weighted by Gasteiger charge is 2.30. The summed E-state index contributed by atoms with van der Waals surface area (Å²) in [6, 6.07) is 0. The second-order valence-corrected chi connectivity index (χ2v) is 7.45. The van der Waals surface area contributed by atoms with Gasteiger partial charge in [-0.3, -0.25) is 4.79 Å². The lowest BCUT2D eigenvalue weighted by atomic mass is 9.81. The number of hydrogen-bond acceptors (Lipinski definition) is 9. The van der Waals surface area contributed by atoms with Crippen LogP contribution in [0.5, 0.6) is 0 Å². The molecule has 0 aliphatic heterocycles. The molecule has 0 fully saturated rings. The van der Waals surface area contributed by atoms with Crippen LogP contribution in [0.15, 0.2) is 0 Å². The van der Waals surface area contributed by atoms with E-state index in [1.807, 2.05) is 13.8 Å². The number of carboxylic acid groups (broad SMARTS) is 1. The van der Waals surface area contributed by atoms with E-state index in [0.717, 1.165) is 0 Å². The lowest BCUT2D eigenvalue weighted by Gasteiger charge is -2.23. The van der Waals surface area contributed by atoms with Gasteiger partial charge in [-0.2, -0.15) is 0 Å². The van der Waals surface area contributed by atoms with Crippen LogP contribution in [0.25, 0.3) is 0 Å². The van der Waals surface area contributed by atoms with E-state index in [1.165, 1.54) is 0 Å². The van der Waals surface area contributed by atoms with E-state index in [9.17, 15) is 4.79 Å². The Hall–Kier alpha value is -0.850. The molecule has 0 saturated heterocycles. The largest absolute Gasteiger partial charge is 0.481 e. The Labute approximate surface area is 160 Å². The first-order valence-corrected chi connectivity index (χ1v) is 8.48. The smallest absolute Gasteiger partial charge is 0.309 e. The minimum Gasteiger partial charge on any atom is -0.481 e. The first-order chi connectivity index (χ1) is 12.4. The maximum absolute atomic E-state index is 10.5. The Balaban J connectivity index is -0.000000320. The molecule has 0 bridgehead atoms. The molecule has 0 amide bonds. The van der Waals surface area contributed by atoms with Crippen LogP contribution in [0, 0.1) is 22.2 Å². The van der Waals surface area contributed by atoms with Gasteiger partial charge in [0.15, 0.2) is 0 Å². The number of hydrogen-bond donors (Lipinski definition) is 9. The van der Waals surface area contributed by atoms with E-state index in [-0.39, 0.29) is 5.92 Å². The van der Waals surface area contributed by atoms with Gasteiger partial charge in [0.25, 0.3) is 0 Å². The molecule has 9 N–H and O–H groups in total. The van der Waals surface area contributed by atoms with E-state index in [4.69, 9.17) is 46.0 Å². The summed E-state index contributed by atoms with van der Waals surface area (Å²) in [4.78, 5) is 10.5. The van der Waals surface area contributed by atoms with Gasteiger partial charge in [-0.25, -0.2) is 0 Å². The molecule has 0 saturated carbocycles. The van der Waals surface area contributed by atoms with E-state index in [1.54, 1.807) is 13.8 Å². The molecular weight excluding hydrogens is 364 g/mol. The SMILES string of the molecule is CC(C)C(C)(C)C(=O)O.OCC(CO)(CO)CO.OCC(CO)(CO)CO. The van der Waals surface area contributed by atoms with Gasteiger partial charge in [0.05, 0.1) is 69.1 Å². The van der Waals surface area contributed by atoms with Crippen molar-refractivity contribution in [3.63, 3.8) is 0 Å². The minimum absolute atomic E-state index is 0.190. The third-order valence-electron chi connectivity index (χ3n) is 4.68. The van der Waals surface area contributed by atoms with Gasteiger partial charge in [0.2, 0.25) is 0 Å². The third-order valence-corrected chi connectivity index (χ3v) is 4.68. The zero-order valence-electron chi connectivity index (χ0n) is 16.7. The van der Waals surface area contributed by atoms with E-state index in [2.05, 4.69) is 0 Å². The fourth-order valence-corrected chi connectivity index (χ4v) is 0.847. The molecule has 0 heterocycles. The molecule has 27 heavy (non-hydrogen) atoms. The van der Waals surface area contributed by atoms with Crippen molar-refractivity contribution >= 4 is 5.97 Å². The van der Waals surface area contributed by atoms with E-state index >= 15 is 0 Å². The lowest BCUT2D eigenvalue weighted by Crippen LogP contribution is -2.37. The summed E-state index contributed by atoms with van der Waals surface area (Å²) in [7, 11) is 0. The number of carboxylic acids is 1. The molecule has 0 radical (unpaired) electrons. The van der Waals surface area contributed by atoms with Crippen LogP contribution in [-0.2, 0) is 4.79 Å². The molecule has 0 aromatic carbocycles. The van der Waals surface area contributed by atoms with Crippen LogP contribution < -0.4 is 0 Å². The molecule has 0 unspecified atom stereocenters. The Morgan fingerprint density at radius 3 is 0.815 bits per heavy atom. The number of aliphatic carboxylic acids is 1. The number of carbonyl (C=O) groups is 1. The summed E-state index contributed by atoms with van der Waals surface area (Å²) in [6.07, 6.45) is 0. The summed E-state index contributed by atoms with van der Waals surface area (Å²) >= 11 is 0. The molecule has 10 nitrogen and oxygen atoms in total. The molecule has 166 valence electrons. The minimum atomic E-state index is -1.11. The predicted molar refractivity (Wildman–Crippen MR) is 97.8 cm³/mol. The average molecular weight is 402 g/mol. The van der Waals surface area contributed by atoms with Gasteiger partial charge in [-0.05, 0) is 19.8 Å². The standard InChI is InChI=1S/C7H14O2.2C5H12O4/c1-5(2)7(3,4)6(8)9;2*6-1-5(2-7,3-8)4-9/h5H,1-4H3,(H,8,9);2*6-9H,1-4H2. The molecule has 0 rings (SSSR count). The first kappa shape index (κ1) is 30.9. The topological polar surface area (TPSA) is 199 Å². The average Bonchev–Trinajstić information content (AvgIpc) is 2.67. The monoisotopic (exact) mass is 402 g/mol. The highest BCUT2D eigenvalue weighted by molar-refractivity contribution is 5.73. The van der Waals surface area contributed by atoms with Crippen molar-refractivity contribution in [2.24, 2.45) is 22.2 Å². The van der Waals surface area contributed by atoms with Crippen molar-refractivity contribution in [3.8, 4) is 0 Å². The zero-order chi connectivity index (χ0) is 22.3. The van der Waals surface area contributed by atoms with Crippen LogP contribution in [0.4, 0.5) is 0 Å². The maximum atomic E-state index is 10.5. The van der Waals surface area contributed by atoms with Gasteiger partial charge in [0.1, 0.15) is 0 Å². The fraction of sp³-hybridized carbons (Fsp3) is 0.941. The highest BCUT2D eigenvalue weighted by Crippen LogP contribution is 2.25. The number of aliphatic hydroxyl groups is 8. The van der Waals surface area contributed by atoms with Crippen molar-refractivity contribution in [3.05, 3.63) is 0 Å². The molecule has 0 aromatic heterocycles. The van der Waals surface area contributed by atoms with E-state index < -0.39 is 75.1 Å². The number of rotatable bonds is 10. The molecule has 0 spiro atoms. The number of aliphatic hydroxyl groups excluding tert-OH is 8. The molecule has 0 atom stereocenters. The summed E-state index contributed by atoms with van der Waals surface area (Å²) in [5, 5.41) is 76.6. The van der Waals surface area contributed by atoms with E-state index in [0.29, 0.717) is 0 Å². The van der Waals surface area contributed by atoms with Crippen LogP contribution in [0.3, 0.4) is 0 Å². The third kappa shape index (κ3) is 10.9. The summed E-state index contributed by atoms with van der Waals surface area (Å²) in [6.45, 7) is 4.04. The van der Waals surface area contributed by atoms with Gasteiger partial charge in [-0.1, -0.05) is 13.8 Å². The quantitative estimate of drug-likeness (QED) is 0.190. The van der Waals surface area contributed by atoms with Crippen LogP contribution >= 0.6 is 0 Å². The second kappa shape index (κ2) is 15.1.